The number of carbonyl (C=O) groups excluding carboxylic acids is 2. The van der Waals surface area contributed by atoms with Crippen molar-refractivity contribution < 1.29 is 29.0 Å². The fourth-order valence-corrected chi connectivity index (χ4v) is 2.06. The highest BCUT2D eigenvalue weighted by Gasteiger charge is 2.31. The first-order valence-corrected chi connectivity index (χ1v) is 6.94. The molecular weight excluding hydrogens is 280 g/mol. The minimum absolute atomic E-state index is 0.00315. The van der Waals surface area contributed by atoms with E-state index in [1.54, 1.807) is 0 Å². The standard InChI is InChI=1S/C13H22N2O6/c1-3-21-9-6-8(7-9)14-13(19)15-10(12(17)18)4-5-11(16)20-2/h8-10H,3-7H2,1-2H3,(H,17,18)(H2,14,15,19)/t8?,9?,10-/m0/s1. The number of rotatable bonds is 8. The van der Waals surface area contributed by atoms with Crippen molar-refractivity contribution in [1.29, 1.82) is 0 Å². The molecule has 0 spiro atoms. The van der Waals surface area contributed by atoms with Gasteiger partial charge in [0.2, 0.25) is 0 Å². The molecule has 0 aromatic heterocycles. The van der Waals surface area contributed by atoms with E-state index in [2.05, 4.69) is 15.4 Å². The summed E-state index contributed by atoms with van der Waals surface area (Å²) in [6.07, 6.45) is 1.53. The van der Waals surface area contributed by atoms with Gasteiger partial charge in [-0.3, -0.25) is 4.79 Å². The van der Waals surface area contributed by atoms with Crippen LogP contribution in [0.4, 0.5) is 4.79 Å². The first-order valence-electron chi connectivity index (χ1n) is 6.94. The summed E-state index contributed by atoms with van der Waals surface area (Å²) >= 11 is 0. The van der Waals surface area contributed by atoms with E-state index in [9.17, 15) is 14.4 Å². The highest BCUT2D eigenvalue weighted by Crippen LogP contribution is 2.22. The number of ether oxygens (including phenoxy) is 2. The van der Waals surface area contributed by atoms with E-state index in [-0.39, 0.29) is 25.0 Å². The first-order chi connectivity index (χ1) is 9.96. The molecule has 1 fully saturated rings. The van der Waals surface area contributed by atoms with Crippen LogP contribution in [0.3, 0.4) is 0 Å². The zero-order valence-electron chi connectivity index (χ0n) is 12.3. The van der Waals surface area contributed by atoms with Crippen molar-refractivity contribution in [2.45, 2.75) is 50.8 Å². The fourth-order valence-electron chi connectivity index (χ4n) is 2.06. The average Bonchev–Trinajstić information content (AvgIpc) is 2.40. The molecule has 21 heavy (non-hydrogen) atoms. The zero-order chi connectivity index (χ0) is 15.8. The molecule has 3 N–H and O–H groups in total. The van der Waals surface area contributed by atoms with Crippen molar-refractivity contribution >= 4 is 18.0 Å². The van der Waals surface area contributed by atoms with Gasteiger partial charge in [-0.15, -0.1) is 0 Å². The maximum atomic E-state index is 11.7. The monoisotopic (exact) mass is 302 g/mol. The third-order valence-electron chi connectivity index (χ3n) is 3.30. The van der Waals surface area contributed by atoms with Crippen LogP contribution in [-0.4, -0.2) is 55.0 Å². The lowest BCUT2D eigenvalue weighted by Gasteiger charge is -2.35. The summed E-state index contributed by atoms with van der Waals surface area (Å²) in [5.74, 6) is -1.70. The number of hydrogen-bond donors (Lipinski definition) is 3. The molecule has 2 amide bonds. The molecule has 0 aromatic rings. The van der Waals surface area contributed by atoms with Gasteiger partial charge in [0.05, 0.1) is 13.2 Å². The van der Waals surface area contributed by atoms with Crippen molar-refractivity contribution in [2.75, 3.05) is 13.7 Å². The minimum atomic E-state index is -1.19. The summed E-state index contributed by atoms with van der Waals surface area (Å²) in [7, 11) is 1.23. The number of urea groups is 1. The highest BCUT2D eigenvalue weighted by atomic mass is 16.5. The number of aliphatic carboxylic acids is 1. The fraction of sp³-hybridized carbons (Fsp3) is 0.769. The molecule has 1 saturated carbocycles. The number of carbonyl (C=O) groups is 3. The second kappa shape index (κ2) is 8.46. The van der Waals surface area contributed by atoms with E-state index >= 15 is 0 Å². The lowest BCUT2D eigenvalue weighted by atomic mass is 9.89. The van der Waals surface area contributed by atoms with Gasteiger partial charge in [0.1, 0.15) is 6.04 Å². The maximum Gasteiger partial charge on any atom is 0.326 e. The van der Waals surface area contributed by atoms with Crippen molar-refractivity contribution in [1.82, 2.24) is 10.6 Å². The Balaban J connectivity index is 2.29. The number of amides is 2. The predicted octanol–water partition coefficient (Wildman–Crippen LogP) is 0.260. The molecule has 0 radical (unpaired) electrons. The molecule has 1 aliphatic carbocycles. The van der Waals surface area contributed by atoms with Crippen LogP contribution in [-0.2, 0) is 19.1 Å². The quantitative estimate of drug-likeness (QED) is 0.554. The van der Waals surface area contributed by atoms with Gasteiger partial charge < -0.3 is 25.2 Å². The van der Waals surface area contributed by atoms with Gasteiger partial charge in [-0.25, -0.2) is 9.59 Å². The molecule has 0 saturated heterocycles. The SMILES string of the molecule is CCOC1CC(NC(=O)N[C@@H](CCC(=O)OC)C(=O)O)C1. The lowest BCUT2D eigenvalue weighted by Crippen LogP contribution is -2.54. The Morgan fingerprint density at radius 3 is 2.52 bits per heavy atom. The van der Waals surface area contributed by atoms with Crippen LogP contribution >= 0.6 is 0 Å². The third-order valence-corrected chi connectivity index (χ3v) is 3.30. The van der Waals surface area contributed by atoms with Gasteiger partial charge >= 0.3 is 18.0 Å². The molecule has 0 bridgehead atoms. The Bertz CT molecular complexity index is 381. The molecular formula is C13H22N2O6. The summed E-state index contributed by atoms with van der Waals surface area (Å²) in [4.78, 5) is 33.7. The third kappa shape index (κ3) is 5.99. The van der Waals surface area contributed by atoms with E-state index in [4.69, 9.17) is 9.84 Å². The van der Waals surface area contributed by atoms with Crippen LogP contribution in [0.25, 0.3) is 0 Å². The second-order valence-electron chi connectivity index (χ2n) is 4.87. The number of carboxylic acids is 1. The highest BCUT2D eigenvalue weighted by molar-refractivity contribution is 5.83. The van der Waals surface area contributed by atoms with Crippen LogP contribution < -0.4 is 10.6 Å². The summed E-state index contributed by atoms with van der Waals surface area (Å²) in [6.45, 7) is 2.55. The van der Waals surface area contributed by atoms with Gasteiger partial charge in [0.15, 0.2) is 0 Å². The molecule has 120 valence electrons. The molecule has 0 aromatic carbocycles. The van der Waals surface area contributed by atoms with Gasteiger partial charge in [0.25, 0.3) is 0 Å². The number of hydrogen-bond acceptors (Lipinski definition) is 5. The minimum Gasteiger partial charge on any atom is -0.480 e. The first kappa shape index (κ1) is 17.2. The molecule has 8 nitrogen and oxygen atoms in total. The van der Waals surface area contributed by atoms with E-state index in [1.807, 2.05) is 6.92 Å². The summed E-state index contributed by atoms with van der Waals surface area (Å²) < 4.78 is 9.81. The molecule has 0 heterocycles. The predicted molar refractivity (Wildman–Crippen MR) is 72.8 cm³/mol. The molecule has 1 rings (SSSR count). The largest absolute Gasteiger partial charge is 0.480 e. The van der Waals surface area contributed by atoms with Crippen molar-refractivity contribution in [3.63, 3.8) is 0 Å². The Hall–Kier alpha value is -1.83. The Kier molecular flexibility index (Phi) is 6.93. The Labute approximate surface area is 123 Å². The Morgan fingerprint density at radius 1 is 1.33 bits per heavy atom. The summed E-state index contributed by atoms with van der Waals surface area (Å²) in [5, 5.41) is 14.0. The van der Waals surface area contributed by atoms with E-state index < -0.39 is 24.0 Å². The summed E-state index contributed by atoms with van der Waals surface area (Å²) in [6, 6.07) is -1.67. The summed E-state index contributed by atoms with van der Waals surface area (Å²) in [5.41, 5.74) is 0. The lowest BCUT2D eigenvalue weighted by molar-refractivity contribution is -0.142. The van der Waals surface area contributed by atoms with Crippen LogP contribution in [0, 0.1) is 0 Å². The smallest absolute Gasteiger partial charge is 0.326 e. The van der Waals surface area contributed by atoms with Crippen molar-refractivity contribution in [2.24, 2.45) is 0 Å². The van der Waals surface area contributed by atoms with E-state index in [0.29, 0.717) is 6.61 Å². The van der Waals surface area contributed by atoms with Crippen molar-refractivity contribution in [3.8, 4) is 0 Å². The molecule has 0 aliphatic heterocycles. The number of methoxy groups -OCH3 is 1. The van der Waals surface area contributed by atoms with Crippen LogP contribution in [0.5, 0.6) is 0 Å². The normalized spacial score (nSPS) is 21.8. The average molecular weight is 302 g/mol. The zero-order valence-corrected chi connectivity index (χ0v) is 12.3. The van der Waals surface area contributed by atoms with Crippen LogP contribution in [0.15, 0.2) is 0 Å². The second-order valence-corrected chi connectivity index (χ2v) is 4.87. The van der Waals surface area contributed by atoms with Gasteiger partial charge in [0, 0.05) is 19.1 Å². The van der Waals surface area contributed by atoms with Gasteiger partial charge in [-0.05, 0) is 26.2 Å². The van der Waals surface area contributed by atoms with Gasteiger partial charge in [-0.2, -0.15) is 0 Å². The number of carboxylic acid groups (broad SMARTS) is 1. The molecule has 0 unspecified atom stereocenters. The molecule has 8 heteroatoms. The number of nitrogens with one attached hydrogen (secondary N) is 2. The molecule has 1 aliphatic rings. The van der Waals surface area contributed by atoms with E-state index in [0.717, 1.165) is 12.8 Å². The van der Waals surface area contributed by atoms with Crippen LogP contribution in [0.1, 0.15) is 32.6 Å². The topological polar surface area (TPSA) is 114 Å². The van der Waals surface area contributed by atoms with Crippen molar-refractivity contribution in [3.05, 3.63) is 0 Å². The number of esters is 1. The Morgan fingerprint density at radius 2 is 2.00 bits per heavy atom. The molecule has 1 atom stereocenters. The van der Waals surface area contributed by atoms with E-state index in [1.165, 1.54) is 7.11 Å². The maximum absolute atomic E-state index is 11.7. The van der Waals surface area contributed by atoms with Gasteiger partial charge in [-0.1, -0.05) is 0 Å². The van der Waals surface area contributed by atoms with Crippen LogP contribution in [0.2, 0.25) is 0 Å².